The van der Waals surface area contributed by atoms with Crippen LogP contribution in [-0.2, 0) is 0 Å². The Morgan fingerprint density at radius 2 is 1.29 bits per heavy atom. The van der Waals surface area contributed by atoms with E-state index < -0.39 is 0 Å². The van der Waals surface area contributed by atoms with Gasteiger partial charge in [0, 0.05) is 0 Å². The Hall–Kier alpha value is -0.520. The first-order valence-electron chi connectivity index (χ1n) is 11.1. The van der Waals surface area contributed by atoms with Crippen molar-refractivity contribution in [2.75, 3.05) is 0 Å². The average molecular weight is 331 g/mol. The summed E-state index contributed by atoms with van der Waals surface area (Å²) in [6.45, 7) is 4.48. The van der Waals surface area contributed by atoms with Crippen LogP contribution in [0.5, 0.6) is 0 Å². The van der Waals surface area contributed by atoms with Crippen molar-refractivity contribution in [2.45, 2.75) is 104 Å². The Kier molecular flexibility index (Phi) is 9.85. The van der Waals surface area contributed by atoms with Crippen molar-refractivity contribution in [3.63, 3.8) is 0 Å². The lowest BCUT2D eigenvalue weighted by Crippen LogP contribution is -2.14. The van der Waals surface area contributed by atoms with Crippen LogP contribution in [0.2, 0.25) is 0 Å². The molecule has 0 atom stereocenters. The van der Waals surface area contributed by atoms with Gasteiger partial charge in [-0.05, 0) is 69.1 Å². The zero-order chi connectivity index (χ0) is 17.0. The van der Waals surface area contributed by atoms with Crippen LogP contribution >= 0.6 is 0 Å². The summed E-state index contributed by atoms with van der Waals surface area (Å²) in [5.41, 5.74) is 0. The molecule has 2 aliphatic rings. The van der Waals surface area contributed by atoms with E-state index in [0.717, 1.165) is 23.7 Å². The zero-order valence-corrected chi connectivity index (χ0v) is 16.5. The lowest BCUT2D eigenvalue weighted by atomic mass is 9.78. The van der Waals surface area contributed by atoms with Crippen molar-refractivity contribution in [1.82, 2.24) is 0 Å². The topological polar surface area (TPSA) is 0 Å². The molecule has 2 aliphatic carbocycles. The second-order valence-electron chi connectivity index (χ2n) is 8.59. The number of hydrogen-bond acceptors (Lipinski definition) is 0. The summed E-state index contributed by atoms with van der Waals surface area (Å²) in [6.07, 6.45) is 30.0. The largest absolute Gasteiger partial charge is 0.0914 e. The Bertz CT molecular complexity index is 348. The van der Waals surface area contributed by atoms with Crippen LogP contribution in [0.1, 0.15) is 104 Å². The van der Waals surface area contributed by atoms with Crippen molar-refractivity contribution in [3.05, 3.63) is 24.3 Å². The van der Waals surface area contributed by atoms with Crippen molar-refractivity contribution in [3.8, 4) is 0 Å². The fraction of sp³-hybridized carbons (Fsp3) is 0.833. The van der Waals surface area contributed by atoms with E-state index in [-0.39, 0.29) is 0 Å². The SMILES string of the molecule is CC=C[C@H]1CC[C@H](C=CCC[C@H]2CC[C@H](CCCCC)CC2)CC1. The highest BCUT2D eigenvalue weighted by Gasteiger charge is 2.20. The molecule has 0 N–H and O–H groups in total. The summed E-state index contributed by atoms with van der Waals surface area (Å²) in [7, 11) is 0. The monoisotopic (exact) mass is 330 g/mol. The normalized spacial score (nSPS) is 31.9. The van der Waals surface area contributed by atoms with E-state index in [1.165, 1.54) is 89.9 Å². The van der Waals surface area contributed by atoms with Crippen LogP contribution in [0.15, 0.2) is 24.3 Å². The smallest absolute Gasteiger partial charge is 0.0233 e. The third-order valence-corrected chi connectivity index (χ3v) is 6.61. The second-order valence-corrected chi connectivity index (χ2v) is 8.59. The lowest BCUT2D eigenvalue weighted by molar-refractivity contribution is 0.250. The molecule has 138 valence electrons. The van der Waals surface area contributed by atoms with Gasteiger partial charge in [-0.1, -0.05) is 82.6 Å². The quantitative estimate of drug-likeness (QED) is 0.296. The summed E-state index contributed by atoms with van der Waals surface area (Å²) in [5.74, 6) is 3.84. The van der Waals surface area contributed by atoms with Crippen LogP contribution in [0.25, 0.3) is 0 Å². The van der Waals surface area contributed by atoms with E-state index in [1.807, 2.05) is 0 Å². The van der Waals surface area contributed by atoms with E-state index in [0.29, 0.717) is 0 Å². The van der Waals surface area contributed by atoms with Gasteiger partial charge >= 0.3 is 0 Å². The van der Waals surface area contributed by atoms with Crippen LogP contribution in [0.3, 0.4) is 0 Å². The molecule has 0 aromatic carbocycles. The van der Waals surface area contributed by atoms with Crippen molar-refractivity contribution < 1.29 is 0 Å². The van der Waals surface area contributed by atoms with Gasteiger partial charge in [-0.2, -0.15) is 0 Å². The van der Waals surface area contributed by atoms with Crippen molar-refractivity contribution in [2.24, 2.45) is 23.7 Å². The molecule has 0 spiro atoms. The minimum atomic E-state index is 0.868. The van der Waals surface area contributed by atoms with Crippen LogP contribution in [0.4, 0.5) is 0 Å². The van der Waals surface area contributed by atoms with Crippen LogP contribution in [0, 0.1) is 23.7 Å². The van der Waals surface area contributed by atoms with Gasteiger partial charge in [0.2, 0.25) is 0 Å². The van der Waals surface area contributed by atoms with E-state index in [4.69, 9.17) is 0 Å². The maximum absolute atomic E-state index is 2.56. The standard InChI is InChI=1S/C24H42/c1-3-5-6-10-22-17-19-24(20-18-22)12-8-7-11-23-15-13-21(9-4-2)14-16-23/h4,7,9,11,21-24H,3,5-6,8,10,12-20H2,1-2H3/t21-,22-,23-,24-. The molecule has 24 heavy (non-hydrogen) atoms. The number of rotatable bonds is 9. The molecule has 2 saturated carbocycles. The van der Waals surface area contributed by atoms with Crippen LogP contribution < -0.4 is 0 Å². The summed E-state index contributed by atoms with van der Waals surface area (Å²) < 4.78 is 0. The van der Waals surface area contributed by atoms with Gasteiger partial charge in [-0.3, -0.25) is 0 Å². The molecule has 0 aliphatic heterocycles. The molecule has 0 heteroatoms. The molecule has 0 amide bonds. The fourth-order valence-electron chi connectivity index (χ4n) is 4.91. The third-order valence-electron chi connectivity index (χ3n) is 6.61. The van der Waals surface area contributed by atoms with Gasteiger partial charge in [0.1, 0.15) is 0 Å². The van der Waals surface area contributed by atoms with Crippen molar-refractivity contribution in [1.29, 1.82) is 0 Å². The maximum Gasteiger partial charge on any atom is -0.0233 e. The summed E-state index contributed by atoms with van der Waals surface area (Å²) >= 11 is 0. The number of unbranched alkanes of at least 4 members (excludes halogenated alkanes) is 2. The molecular formula is C24H42. The first kappa shape index (κ1) is 19.8. The van der Waals surface area contributed by atoms with Gasteiger partial charge in [0.25, 0.3) is 0 Å². The van der Waals surface area contributed by atoms with E-state index >= 15 is 0 Å². The second kappa shape index (κ2) is 11.9. The van der Waals surface area contributed by atoms with Gasteiger partial charge in [-0.25, -0.2) is 0 Å². The van der Waals surface area contributed by atoms with E-state index in [9.17, 15) is 0 Å². The van der Waals surface area contributed by atoms with E-state index in [1.54, 1.807) is 0 Å². The average Bonchev–Trinajstić information content (AvgIpc) is 2.62. The Morgan fingerprint density at radius 3 is 1.88 bits per heavy atom. The Labute approximate surface area is 152 Å². The first-order chi connectivity index (χ1) is 11.8. The summed E-state index contributed by atoms with van der Waals surface area (Å²) in [5, 5.41) is 0. The highest BCUT2D eigenvalue weighted by atomic mass is 14.3. The third kappa shape index (κ3) is 7.58. The molecule has 0 heterocycles. The molecular weight excluding hydrogens is 288 g/mol. The molecule has 0 aromatic rings. The maximum atomic E-state index is 2.56. The van der Waals surface area contributed by atoms with Gasteiger partial charge in [-0.15, -0.1) is 0 Å². The Morgan fingerprint density at radius 1 is 0.708 bits per heavy atom. The molecule has 0 nitrogen and oxygen atoms in total. The molecule has 0 aromatic heterocycles. The highest BCUT2D eigenvalue weighted by molar-refractivity contribution is 4.95. The highest BCUT2D eigenvalue weighted by Crippen LogP contribution is 2.34. The minimum absolute atomic E-state index is 0.868. The predicted octanol–water partition coefficient (Wildman–Crippen LogP) is 8.09. The Balaban J connectivity index is 1.52. The summed E-state index contributed by atoms with van der Waals surface area (Å²) in [6, 6.07) is 0. The fourth-order valence-corrected chi connectivity index (χ4v) is 4.91. The molecule has 2 rings (SSSR count). The first-order valence-corrected chi connectivity index (χ1v) is 11.1. The molecule has 0 saturated heterocycles. The molecule has 2 fully saturated rings. The molecule has 0 radical (unpaired) electrons. The van der Waals surface area contributed by atoms with Gasteiger partial charge in [0.05, 0.1) is 0 Å². The number of allylic oxidation sites excluding steroid dienone is 4. The van der Waals surface area contributed by atoms with E-state index in [2.05, 4.69) is 38.2 Å². The number of hydrogen-bond donors (Lipinski definition) is 0. The summed E-state index contributed by atoms with van der Waals surface area (Å²) in [4.78, 5) is 0. The predicted molar refractivity (Wildman–Crippen MR) is 108 cm³/mol. The van der Waals surface area contributed by atoms with Gasteiger partial charge < -0.3 is 0 Å². The molecule has 0 unspecified atom stereocenters. The zero-order valence-electron chi connectivity index (χ0n) is 16.5. The van der Waals surface area contributed by atoms with Crippen LogP contribution in [-0.4, -0.2) is 0 Å². The minimum Gasteiger partial charge on any atom is -0.0914 e. The van der Waals surface area contributed by atoms with Gasteiger partial charge in [0.15, 0.2) is 0 Å². The van der Waals surface area contributed by atoms with Crippen molar-refractivity contribution >= 4 is 0 Å². The lowest BCUT2D eigenvalue weighted by Gasteiger charge is -2.28. The molecule has 0 bridgehead atoms.